The van der Waals surface area contributed by atoms with Gasteiger partial charge in [-0.05, 0) is 45.3 Å². The van der Waals surface area contributed by atoms with Crippen LogP contribution in [0.15, 0.2) is 30.3 Å². The predicted molar refractivity (Wildman–Crippen MR) is 103 cm³/mol. The van der Waals surface area contributed by atoms with Gasteiger partial charge in [0.05, 0.1) is 0 Å². The number of aryl methyl sites for hydroxylation is 1. The normalized spacial score (nSPS) is 10.5. The van der Waals surface area contributed by atoms with Gasteiger partial charge in [-0.2, -0.15) is 0 Å². The Hall–Kier alpha value is -3.00. The number of carbonyl (C=O) groups excluding carboxylic acids is 2. The van der Waals surface area contributed by atoms with E-state index in [1.807, 2.05) is 25.9 Å². The highest BCUT2D eigenvalue weighted by Crippen LogP contribution is 2.16. The zero-order valence-electron chi connectivity index (χ0n) is 15.5. The maximum Gasteiger partial charge on any atom is 0.274 e. The summed E-state index contributed by atoms with van der Waals surface area (Å²) in [6.45, 7) is 4.75. The van der Waals surface area contributed by atoms with Gasteiger partial charge in [0.15, 0.2) is 0 Å². The molecule has 3 N–H and O–H groups in total. The summed E-state index contributed by atoms with van der Waals surface area (Å²) in [7, 11) is 3.96. The molecule has 1 heterocycles. The van der Waals surface area contributed by atoms with Gasteiger partial charge in [-0.1, -0.05) is 6.07 Å². The Kier molecular flexibility index (Phi) is 6.62. The molecule has 0 spiro atoms. The van der Waals surface area contributed by atoms with Gasteiger partial charge in [0.25, 0.3) is 5.91 Å². The molecule has 8 heteroatoms. The third-order valence-electron chi connectivity index (χ3n) is 3.37. The first-order chi connectivity index (χ1) is 12.3. The average molecular weight is 356 g/mol. The van der Waals surface area contributed by atoms with Crippen molar-refractivity contribution < 1.29 is 9.59 Å². The van der Waals surface area contributed by atoms with Crippen LogP contribution in [0.1, 0.15) is 23.1 Å². The number of likely N-dealkylation sites (N-methyl/N-ethyl adjacent to an activating group) is 1. The molecule has 0 unspecified atom stereocenters. The molecule has 0 bridgehead atoms. The van der Waals surface area contributed by atoms with Crippen LogP contribution >= 0.6 is 0 Å². The van der Waals surface area contributed by atoms with Gasteiger partial charge in [0, 0.05) is 37.1 Å². The van der Waals surface area contributed by atoms with Crippen molar-refractivity contribution in [1.29, 1.82) is 0 Å². The number of hydrogen-bond donors (Lipinski definition) is 3. The smallest absolute Gasteiger partial charge is 0.274 e. The molecular formula is C18H24N6O2. The molecule has 0 radical (unpaired) electrons. The lowest BCUT2D eigenvalue weighted by Crippen LogP contribution is -2.22. The van der Waals surface area contributed by atoms with E-state index < -0.39 is 0 Å². The lowest BCUT2D eigenvalue weighted by Gasteiger charge is -2.12. The molecule has 26 heavy (non-hydrogen) atoms. The van der Waals surface area contributed by atoms with Crippen LogP contribution in [-0.4, -0.2) is 53.9 Å². The third kappa shape index (κ3) is 6.14. The van der Waals surface area contributed by atoms with Crippen LogP contribution in [0.4, 0.5) is 17.3 Å². The first-order valence-electron chi connectivity index (χ1n) is 8.27. The van der Waals surface area contributed by atoms with Crippen molar-refractivity contribution in [3.63, 3.8) is 0 Å². The maximum absolute atomic E-state index is 12.5. The molecule has 1 aromatic carbocycles. The topological polar surface area (TPSA) is 99.2 Å². The number of hydrogen-bond acceptors (Lipinski definition) is 6. The molecule has 2 rings (SSSR count). The monoisotopic (exact) mass is 356 g/mol. The van der Waals surface area contributed by atoms with Gasteiger partial charge in [-0.15, -0.1) is 0 Å². The van der Waals surface area contributed by atoms with Crippen LogP contribution in [0.25, 0.3) is 0 Å². The van der Waals surface area contributed by atoms with Crippen LogP contribution in [-0.2, 0) is 4.79 Å². The van der Waals surface area contributed by atoms with Gasteiger partial charge in [0.2, 0.25) is 11.9 Å². The molecular weight excluding hydrogens is 332 g/mol. The van der Waals surface area contributed by atoms with Crippen molar-refractivity contribution in [3.05, 3.63) is 41.7 Å². The summed E-state index contributed by atoms with van der Waals surface area (Å²) in [6, 6.07) is 8.56. The average Bonchev–Trinajstić information content (AvgIpc) is 2.53. The van der Waals surface area contributed by atoms with E-state index in [1.165, 1.54) is 6.92 Å². The van der Waals surface area contributed by atoms with Crippen LogP contribution in [0.2, 0.25) is 0 Å². The Morgan fingerprint density at radius 2 is 1.77 bits per heavy atom. The summed E-state index contributed by atoms with van der Waals surface area (Å²) in [5.41, 5.74) is 2.15. The SMILES string of the molecule is CC(=O)Nc1cccc(NC(=O)c2cc(C)nc(NCCN(C)C)n2)c1. The summed E-state index contributed by atoms with van der Waals surface area (Å²) in [5.74, 6) is -0.0940. The van der Waals surface area contributed by atoms with Gasteiger partial charge in [0.1, 0.15) is 5.69 Å². The van der Waals surface area contributed by atoms with Crippen molar-refractivity contribution in [2.24, 2.45) is 0 Å². The number of nitrogens with zero attached hydrogens (tertiary/aromatic N) is 3. The van der Waals surface area contributed by atoms with Crippen molar-refractivity contribution in [2.45, 2.75) is 13.8 Å². The molecule has 2 aromatic rings. The molecule has 8 nitrogen and oxygen atoms in total. The van der Waals surface area contributed by atoms with E-state index in [-0.39, 0.29) is 17.5 Å². The number of rotatable bonds is 7. The van der Waals surface area contributed by atoms with E-state index in [1.54, 1.807) is 30.3 Å². The largest absolute Gasteiger partial charge is 0.353 e. The van der Waals surface area contributed by atoms with Gasteiger partial charge < -0.3 is 20.9 Å². The zero-order valence-corrected chi connectivity index (χ0v) is 15.5. The van der Waals surface area contributed by atoms with Crippen LogP contribution in [0, 0.1) is 6.92 Å². The molecule has 0 fully saturated rings. The van der Waals surface area contributed by atoms with Crippen LogP contribution in [0.3, 0.4) is 0 Å². The minimum absolute atomic E-state index is 0.173. The molecule has 1 aromatic heterocycles. The number of benzene rings is 1. The first-order valence-corrected chi connectivity index (χ1v) is 8.27. The fourth-order valence-electron chi connectivity index (χ4n) is 2.23. The molecule has 0 aliphatic heterocycles. The number of nitrogens with one attached hydrogen (secondary N) is 3. The molecule has 0 aliphatic rings. The highest BCUT2D eigenvalue weighted by atomic mass is 16.2. The Balaban J connectivity index is 2.09. The highest BCUT2D eigenvalue weighted by molar-refractivity contribution is 6.03. The molecule has 0 saturated carbocycles. The first kappa shape index (κ1) is 19.3. The Morgan fingerprint density at radius 1 is 1.08 bits per heavy atom. The minimum Gasteiger partial charge on any atom is -0.353 e. The van der Waals surface area contributed by atoms with Crippen LogP contribution < -0.4 is 16.0 Å². The Labute approximate surface area is 153 Å². The number of carbonyl (C=O) groups is 2. The lowest BCUT2D eigenvalue weighted by molar-refractivity contribution is -0.114. The summed E-state index contributed by atoms with van der Waals surface area (Å²) in [6.07, 6.45) is 0. The Morgan fingerprint density at radius 3 is 2.42 bits per heavy atom. The van der Waals surface area contributed by atoms with Crippen molar-refractivity contribution >= 4 is 29.1 Å². The molecule has 0 saturated heterocycles. The van der Waals surface area contributed by atoms with E-state index in [0.29, 0.717) is 29.6 Å². The van der Waals surface area contributed by atoms with Crippen molar-refractivity contribution in [2.75, 3.05) is 43.1 Å². The minimum atomic E-state index is -0.342. The van der Waals surface area contributed by atoms with E-state index in [0.717, 1.165) is 6.54 Å². The highest BCUT2D eigenvalue weighted by Gasteiger charge is 2.11. The van der Waals surface area contributed by atoms with Crippen LogP contribution in [0.5, 0.6) is 0 Å². The maximum atomic E-state index is 12.5. The quantitative estimate of drug-likeness (QED) is 0.701. The fourth-order valence-corrected chi connectivity index (χ4v) is 2.23. The zero-order chi connectivity index (χ0) is 19.1. The van der Waals surface area contributed by atoms with Gasteiger partial charge in [-0.25, -0.2) is 9.97 Å². The second kappa shape index (κ2) is 8.91. The molecule has 0 aliphatic carbocycles. The van der Waals surface area contributed by atoms with E-state index >= 15 is 0 Å². The molecule has 0 atom stereocenters. The molecule has 138 valence electrons. The van der Waals surface area contributed by atoms with E-state index in [4.69, 9.17) is 0 Å². The second-order valence-corrected chi connectivity index (χ2v) is 6.16. The van der Waals surface area contributed by atoms with Gasteiger partial charge >= 0.3 is 0 Å². The third-order valence-corrected chi connectivity index (χ3v) is 3.37. The summed E-state index contributed by atoms with van der Waals surface area (Å²) in [5, 5.41) is 8.58. The van der Waals surface area contributed by atoms with E-state index in [9.17, 15) is 9.59 Å². The summed E-state index contributed by atoms with van der Waals surface area (Å²) < 4.78 is 0. The fraction of sp³-hybridized carbons (Fsp3) is 0.333. The van der Waals surface area contributed by atoms with Gasteiger partial charge in [-0.3, -0.25) is 9.59 Å². The Bertz CT molecular complexity index is 791. The van der Waals surface area contributed by atoms with Crippen molar-refractivity contribution in [3.8, 4) is 0 Å². The van der Waals surface area contributed by atoms with Crippen molar-refractivity contribution in [1.82, 2.24) is 14.9 Å². The standard InChI is InChI=1S/C18H24N6O2/c1-12-10-16(23-18(20-12)19-8-9-24(3)4)17(26)22-15-7-5-6-14(11-15)21-13(2)25/h5-7,10-11H,8-9H2,1-4H3,(H,21,25)(H,22,26)(H,19,20,23). The lowest BCUT2D eigenvalue weighted by atomic mass is 10.2. The molecule has 2 amide bonds. The second-order valence-electron chi connectivity index (χ2n) is 6.16. The predicted octanol–water partition coefficient (Wildman–Crippen LogP) is 1.97. The number of anilines is 3. The van der Waals surface area contributed by atoms with E-state index in [2.05, 4.69) is 25.9 Å². The number of amides is 2. The number of aromatic nitrogens is 2. The summed E-state index contributed by atoms with van der Waals surface area (Å²) >= 11 is 0. The summed E-state index contributed by atoms with van der Waals surface area (Å²) in [4.78, 5) is 34.3.